The Kier molecular flexibility index (Phi) is 6.42. The van der Waals surface area contributed by atoms with Crippen LogP contribution in [-0.2, 0) is 11.0 Å². The molecule has 1 N–H and O–H groups in total. The number of anilines is 2. The first-order valence-corrected chi connectivity index (χ1v) is 10.8. The molecule has 1 fully saturated rings. The summed E-state index contributed by atoms with van der Waals surface area (Å²) in [6, 6.07) is 15.1. The topological polar surface area (TPSA) is 53.4 Å². The quantitative estimate of drug-likeness (QED) is 0.622. The summed E-state index contributed by atoms with van der Waals surface area (Å²) in [5.74, 6) is -0.138. The zero-order chi connectivity index (χ0) is 23.6. The lowest BCUT2D eigenvalue weighted by Crippen LogP contribution is -2.48. The van der Waals surface area contributed by atoms with Crippen LogP contribution in [0.5, 0.6) is 0 Å². The Morgan fingerprint density at radius 1 is 0.970 bits per heavy atom. The number of nitrogens with zero attached hydrogens (tertiary/aromatic N) is 4. The van der Waals surface area contributed by atoms with E-state index in [1.54, 1.807) is 10.7 Å². The minimum Gasteiger partial charge on any atom is -0.369 e. The molecule has 4 rings (SSSR count). The third-order valence-corrected chi connectivity index (χ3v) is 5.83. The van der Waals surface area contributed by atoms with Crippen LogP contribution in [0.15, 0.2) is 54.6 Å². The molecule has 0 radical (unpaired) electrons. The molecule has 9 heteroatoms. The fourth-order valence-electron chi connectivity index (χ4n) is 4.07. The Morgan fingerprint density at radius 3 is 2.30 bits per heavy atom. The van der Waals surface area contributed by atoms with Crippen molar-refractivity contribution in [2.24, 2.45) is 0 Å². The molecule has 1 aliphatic heterocycles. The Bertz CT molecular complexity index is 1120. The number of alkyl halides is 3. The van der Waals surface area contributed by atoms with E-state index in [1.165, 1.54) is 12.1 Å². The molecular weight excluding hydrogens is 431 g/mol. The number of para-hydroxylation sites is 1. The summed E-state index contributed by atoms with van der Waals surface area (Å²) in [6.45, 7) is 6.27. The Balaban J connectivity index is 1.35. The second kappa shape index (κ2) is 9.27. The molecule has 0 aliphatic carbocycles. The SMILES string of the molecule is Cc1nn(-c2ccccc2)c(C)c1NC(=O)CN1CCN(c2cccc(C(F)(F)F)c2)CC1. The van der Waals surface area contributed by atoms with Gasteiger partial charge in [0, 0.05) is 31.9 Å². The van der Waals surface area contributed by atoms with Crippen molar-refractivity contribution >= 4 is 17.3 Å². The van der Waals surface area contributed by atoms with Crippen molar-refractivity contribution in [3.05, 3.63) is 71.5 Å². The fraction of sp³-hybridized carbons (Fsp3) is 0.333. The highest BCUT2D eigenvalue weighted by molar-refractivity contribution is 5.93. The third kappa shape index (κ3) is 5.19. The van der Waals surface area contributed by atoms with Crippen LogP contribution in [0.25, 0.3) is 5.69 Å². The van der Waals surface area contributed by atoms with E-state index in [2.05, 4.69) is 10.4 Å². The van der Waals surface area contributed by atoms with Crippen LogP contribution in [0.1, 0.15) is 17.0 Å². The zero-order valence-corrected chi connectivity index (χ0v) is 18.6. The smallest absolute Gasteiger partial charge is 0.369 e. The van der Waals surface area contributed by atoms with E-state index in [1.807, 2.05) is 54.0 Å². The number of piperazine rings is 1. The standard InChI is InChI=1S/C24H26F3N5O/c1-17-23(18(2)32(29-17)20-8-4-3-5-9-20)28-22(33)16-30-11-13-31(14-12-30)21-10-6-7-19(15-21)24(25,26)27/h3-10,15H,11-14,16H2,1-2H3,(H,28,33). The van der Waals surface area contributed by atoms with Gasteiger partial charge in [-0.1, -0.05) is 24.3 Å². The number of hydrogen-bond donors (Lipinski definition) is 1. The Hall–Kier alpha value is -3.33. The van der Waals surface area contributed by atoms with E-state index in [4.69, 9.17) is 0 Å². The first-order chi connectivity index (χ1) is 15.7. The van der Waals surface area contributed by atoms with Gasteiger partial charge in [0.1, 0.15) is 0 Å². The molecule has 3 aromatic rings. The van der Waals surface area contributed by atoms with Gasteiger partial charge in [-0.2, -0.15) is 18.3 Å². The number of rotatable bonds is 5. The summed E-state index contributed by atoms with van der Waals surface area (Å²) in [4.78, 5) is 16.6. The van der Waals surface area contributed by atoms with Crippen molar-refractivity contribution in [1.29, 1.82) is 0 Å². The van der Waals surface area contributed by atoms with Gasteiger partial charge in [-0.25, -0.2) is 4.68 Å². The van der Waals surface area contributed by atoms with Crippen molar-refractivity contribution in [2.45, 2.75) is 20.0 Å². The Morgan fingerprint density at radius 2 is 1.64 bits per heavy atom. The second-order valence-electron chi connectivity index (χ2n) is 8.15. The molecule has 1 aromatic heterocycles. The zero-order valence-electron chi connectivity index (χ0n) is 18.6. The molecule has 0 unspecified atom stereocenters. The van der Waals surface area contributed by atoms with Crippen molar-refractivity contribution < 1.29 is 18.0 Å². The van der Waals surface area contributed by atoms with Crippen molar-refractivity contribution in [3.63, 3.8) is 0 Å². The lowest BCUT2D eigenvalue weighted by atomic mass is 10.1. The van der Waals surface area contributed by atoms with Gasteiger partial charge in [0.2, 0.25) is 5.91 Å². The largest absolute Gasteiger partial charge is 0.416 e. The van der Waals surface area contributed by atoms with Gasteiger partial charge in [0.25, 0.3) is 0 Å². The highest BCUT2D eigenvalue weighted by atomic mass is 19.4. The van der Waals surface area contributed by atoms with Crippen LogP contribution in [-0.4, -0.2) is 53.3 Å². The second-order valence-corrected chi connectivity index (χ2v) is 8.15. The summed E-state index contributed by atoms with van der Waals surface area (Å²) in [7, 11) is 0. The molecular formula is C24H26F3N5O. The van der Waals surface area contributed by atoms with Crippen LogP contribution < -0.4 is 10.2 Å². The number of amides is 1. The van der Waals surface area contributed by atoms with E-state index in [-0.39, 0.29) is 12.5 Å². The molecule has 0 atom stereocenters. The van der Waals surface area contributed by atoms with Gasteiger partial charge < -0.3 is 10.2 Å². The molecule has 2 heterocycles. The molecule has 6 nitrogen and oxygen atoms in total. The van der Waals surface area contributed by atoms with Crippen LogP contribution in [0.4, 0.5) is 24.5 Å². The van der Waals surface area contributed by atoms with Gasteiger partial charge >= 0.3 is 6.18 Å². The highest BCUT2D eigenvalue weighted by Gasteiger charge is 2.31. The predicted octanol–water partition coefficient (Wildman–Crippen LogP) is 4.27. The summed E-state index contributed by atoms with van der Waals surface area (Å²) < 4.78 is 40.8. The molecule has 0 saturated carbocycles. The van der Waals surface area contributed by atoms with Crippen LogP contribution in [0, 0.1) is 13.8 Å². The monoisotopic (exact) mass is 457 g/mol. The lowest BCUT2D eigenvalue weighted by molar-refractivity contribution is -0.137. The van der Waals surface area contributed by atoms with E-state index in [9.17, 15) is 18.0 Å². The maximum Gasteiger partial charge on any atom is 0.416 e. The summed E-state index contributed by atoms with van der Waals surface area (Å²) >= 11 is 0. The van der Waals surface area contributed by atoms with Crippen molar-refractivity contribution in [1.82, 2.24) is 14.7 Å². The van der Waals surface area contributed by atoms with Gasteiger partial charge in [-0.3, -0.25) is 9.69 Å². The normalized spacial score (nSPS) is 15.0. The van der Waals surface area contributed by atoms with E-state index in [0.29, 0.717) is 37.6 Å². The van der Waals surface area contributed by atoms with Crippen LogP contribution in [0.2, 0.25) is 0 Å². The summed E-state index contributed by atoms with van der Waals surface area (Å²) in [6.07, 6.45) is -4.36. The molecule has 0 bridgehead atoms. The first kappa shape index (κ1) is 22.8. The highest BCUT2D eigenvalue weighted by Crippen LogP contribution is 2.32. The maximum absolute atomic E-state index is 13.0. The first-order valence-electron chi connectivity index (χ1n) is 10.8. The van der Waals surface area contributed by atoms with Crippen molar-refractivity contribution in [2.75, 3.05) is 42.9 Å². The van der Waals surface area contributed by atoms with E-state index >= 15 is 0 Å². The average Bonchev–Trinajstić information content (AvgIpc) is 3.08. The number of benzene rings is 2. The third-order valence-electron chi connectivity index (χ3n) is 5.83. The van der Waals surface area contributed by atoms with Gasteiger partial charge in [0.15, 0.2) is 0 Å². The minimum atomic E-state index is -4.36. The predicted molar refractivity (Wildman–Crippen MR) is 122 cm³/mol. The number of hydrogen-bond acceptors (Lipinski definition) is 4. The van der Waals surface area contributed by atoms with Gasteiger partial charge in [-0.05, 0) is 44.2 Å². The summed E-state index contributed by atoms with van der Waals surface area (Å²) in [5, 5.41) is 7.53. The molecule has 2 aromatic carbocycles. The average molecular weight is 458 g/mol. The number of carbonyl (C=O) groups is 1. The minimum absolute atomic E-state index is 0.138. The van der Waals surface area contributed by atoms with Gasteiger partial charge in [-0.15, -0.1) is 0 Å². The fourth-order valence-corrected chi connectivity index (χ4v) is 4.07. The molecule has 1 saturated heterocycles. The molecule has 0 spiro atoms. The number of nitrogens with one attached hydrogen (secondary N) is 1. The van der Waals surface area contributed by atoms with E-state index < -0.39 is 11.7 Å². The van der Waals surface area contributed by atoms with E-state index in [0.717, 1.165) is 23.1 Å². The Labute approximate surface area is 190 Å². The van der Waals surface area contributed by atoms with Gasteiger partial charge in [0.05, 0.1) is 34.9 Å². The maximum atomic E-state index is 13.0. The number of aryl methyl sites for hydroxylation is 1. The number of aromatic nitrogens is 2. The molecule has 33 heavy (non-hydrogen) atoms. The lowest BCUT2D eigenvalue weighted by Gasteiger charge is -2.36. The van der Waals surface area contributed by atoms with Crippen molar-refractivity contribution in [3.8, 4) is 5.69 Å². The summed E-state index contributed by atoms with van der Waals surface area (Å²) in [5.41, 5.74) is 3.10. The van der Waals surface area contributed by atoms with Crippen LogP contribution in [0.3, 0.4) is 0 Å². The number of halogens is 3. The van der Waals surface area contributed by atoms with Crippen LogP contribution >= 0.6 is 0 Å². The molecule has 1 aliphatic rings. The molecule has 1 amide bonds. The number of carbonyl (C=O) groups excluding carboxylic acids is 1. The molecule has 174 valence electrons.